The van der Waals surface area contributed by atoms with E-state index in [0.717, 1.165) is 18.5 Å². The van der Waals surface area contributed by atoms with Gasteiger partial charge in [0.2, 0.25) is 0 Å². The van der Waals surface area contributed by atoms with Crippen LogP contribution in [0.25, 0.3) is 0 Å². The number of nitrogen functional groups attached to an aromatic ring is 1. The lowest BCUT2D eigenvalue weighted by atomic mass is 10.3. The second kappa shape index (κ2) is 3.22. The summed E-state index contributed by atoms with van der Waals surface area (Å²) in [5.74, 6) is 0.436. The molecule has 0 amide bonds. The fourth-order valence-corrected chi connectivity index (χ4v) is 1.52. The Morgan fingerprint density at radius 3 is 2.93 bits per heavy atom. The van der Waals surface area contributed by atoms with Crippen molar-refractivity contribution in [3.63, 3.8) is 0 Å². The minimum atomic E-state index is -0.192. The van der Waals surface area contributed by atoms with E-state index in [4.69, 9.17) is 11.0 Å². The molecule has 1 heterocycles. The molecular weight excluding hydrogens is 180 g/mol. The smallest absolute Gasteiger partial charge is 0.289 e. The molecule has 3 N–H and O–H groups in total. The molecule has 1 aromatic rings. The second-order valence-electron chi connectivity index (χ2n) is 3.58. The lowest BCUT2D eigenvalue weighted by molar-refractivity contribution is 0.600. The highest BCUT2D eigenvalue weighted by Gasteiger charge is 2.29. The molecule has 1 fully saturated rings. The predicted octanol–water partition coefficient (Wildman–Crippen LogP) is 0.550. The van der Waals surface area contributed by atoms with Crippen LogP contribution in [0, 0.1) is 11.3 Å². The molecule has 14 heavy (non-hydrogen) atoms. The van der Waals surface area contributed by atoms with Gasteiger partial charge in [0.05, 0.1) is 24.7 Å². The number of nitrogens with zero attached hydrogens (tertiary/aromatic N) is 2. The van der Waals surface area contributed by atoms with Gasteiger partial charge in [-0.3, -0.25) is 14.6 Å². The zero-order valence-electron chi connectivity index (χ0n) is 7.79. The van der Waals surface area contributed by atoms with Crippen LogP contribution in [-0.2, 0) is 6.54 Å². The van der Waals surface area contributed by atoms with Gasteiger partial charge in [0, 0.05) is 5.92 Å². The molecule has 0 unspecified atom stereocenters. The number of anilines is 1. The average Bonchev–Trinajstić information content (AvgIpc) is 2.96. The van der Waals surface area contributed by atoms with Crippen LogP contribution in [0.3, 0.4) is 0 Å². The van der Waals surface area contributed by atoms with Crippen molar-refractivity contribution in [3.8, 4) is 6.07 Å². The molecule has 0 bridgehead atoms. The highest BCUT2D eigenvalue weighted by molar-refractivity contribution is 5.44. The normalized spacial score (nSPS) is 15.4. The molecule has 0 aromatic carbocycles. The van der Waals surface area contributed by atoms with Crippen LogP contribution in [-0.4, -0.2) is 9.78 Å². The molecule has 1 aliphatic carbocycles. The summed E-state index contributed by atoms with van der Waals surface area (Å²) in [7, 11) is 0. The van der Waals surface area contributed by atoms with Gasteiger partial charge in [-0.25, -0.2) is 0 Å². The molecule has 0 saturated heterocycles. The van der Waals surface area contributed by atoms with Gasteiger partial charge < -0.3 is 5.73 Å². The number of nitrogens with one attached hydrogen (secondary N) is 1. The Morgan fingerprint density at radius 2 is 2.36 bits per heavy atom. The van der Waals surface area contributed by atoms with Gasteiger partial charge in [0.1, 0.15) is 5.69 Å². The Bertz CT molecular complexity index is 433. The molecule has 0 radical (unpaired) electrons. The zero-order valence-corrected chi connectivity index (χ0v) is 7.79. The highest BCUT2D eigenvalue weighted by Crippen LogP contribution is 2.40. The van der Waals surface area contributed by atoms with Gasteiger partial charge >= 0.3 is 0 Å². The third-order valence-corrected chi connectivity index (χ3v) is 2.45. The van der Waals surface area contributed by atoms with Crippen LogP contribution in [0.15, 0.2) is 4.79 Å². The van der Waals surface area contributed by atoms with Crippen LogP contribution in [0.5, 0.6) is 0 Å². The minimum Gasteiger partial charge on any atom is -0.393 e. The number of H-pyrrole nitrogens is 1. The van der Waals surface area contributed by atoms with Crippen molar-refractivity contribution < 1.29 is 0 Å². The van der Waals surface area contributed by atoms with Gasteiger partial charge in [0.15, 0.2) is 0 Å². The van der Waals surface area contributed by atoms with E-state index in [2.05, 4.69) is 5.10 Å². The maximum Gasteiger partial charge on any atom is 0.289 e. The minimum absolute atomic E-state index is 0.192. The largest absolute Gasteiger partial charge is 0.393 e. The number of aryl methyl sites for hydroxylation is 1. The number of aromatic nitrogens is 2. The second-order valence-corrected chi connectivity index (χ2v) is 3.58. The van der Waals surface area contributed by atoms with Crippen LogP contribution in [0.2, 0.25) is 0 Å². The monoisotopic (exact) mass is 192 g/mol. The first-order valence-electron chi connectivity index (χ1n) is 4.69. The average molecular weight is 192 g/mol. The molecule has 1 saturated carbocycles. The van der Waals surface area contributed by atoms with Gasteiger partial charge in [0.25, 0.3) is 5.56 Å². The third-order valence-electron chi connectivity index (χ3n) is 2.45. The topological polar surface area (TPSA) is 87.6 Å². The van der Waals surface area contributed by atoms with E-state index in [-0.39, 0.29) is 5.56 Å². The summed E-state index contributed by atoms with van der Waals surface area (Å²) >= 11 is 0. The summed E-state index contributed by atoms with van der Waals surface area (Å²) in [5.41, 5.74) is 6.66. The SMILES string of the molecule is N#CCCn1[nH]c(C2CC2)c(N)c1=O. The summed E-state index contributed by atoms with van der Waals surface area (Å²) in [6.45, 7) is 0.395. The van der Waals surface area contributed by atoms with Crippen molar-refractivity contribution in [3.05, 3.63) is 16.0 Å². The molecule has 5 nitrogen and oxygen atoms in total. The van der Waals surface area contributed by atoms with Crippen molar-refractivity contribution in [2.75, 3.05) is 5.73 Å². The Morgan fingerprint density at radius 1 is 1.64 bits per heavy atom. The maximum absolute atomic E-state index is 11.5. The number of rotatable bonds is 3. The lowest BCUT2D eigenvalue weighted by Crippen LogP contribution is -2.18. The fourth-order valence-electron chi connectivity index (χ4n) is 1.52. The molecule has 0 atom stereocenters. The first kappa shape index (κ1) is 8.88. The summed E-state index contributed by atoms with van der Waals surface area (Å²) in [6, 6.07) is 2.00. The van der Waals surface area contributed by atoms with E-state index >= 15 is 0 Å². The predicted molar refractivity (Wildman–Crippen MR) is 51.7 cm³/mol. The maximum atomic E-state index is 11.5. The Labute approximate surface area is 81.1 Å². The molecule has 0 spiro atoms. The number of nitrogens with two attached hydrogens (primary N) is 1. The number of hydrogen-bond acceptors (Lipinski definition) is 3. The quantitative estimate of drug-likeness (QED) is 0.733. The zero-order chi connectivity index (χ0) is 10.1. The summed E-state index contributed by atoms with van der Waals surface area (Å²) in [6.07, 6.45) is 2.52. The molecule has 0 aliphatic heterocycles. The molecule has 1 aliphatic rings. The Kier molecular flexibility index (Phi) is 2.04. The Hall–Kier alpha value is -1.70. The van der Waals surface area contributed by atoms with E-state index in [1.807, 2.05) is 6.07 Å². The van der Waals surface area contributed by atoms with E-state index in [9.17, 15) is 4.79 Å². The van der Waals surface area contributed by atoms with Gasteiger partial charge in [-0.15, -0.1) is 0 Å². The van der Waals surface area contributed by atoms with Crippen LogP contribution < -0.4 is 11.3 Å². The van der Waals surface area contributed by atoms with Crippen LogP contribution in [0.1, 0.15) is 30.9 Å². The standard InChI is InChI=1S/C9H12N4O/c10-4-1-5-13-9(14)7(11)8(12-13)6-2-3-6/h6,12H,1-3,5,11H2. The lowest BCUT2D eigenvalue weighted by Gasteiger charge is -1.95. The highest BCUT2D eigenvalue weighted by atomic mass is 16.1. The number of nitriles is 1. The van der Waals surface area contributed by atoms with E-state index in [1.165, 1.54) is 4.68 Å². The number of aromatic amines is 1. The Balaban J connectivity index is 2.28. The van der Waals surface area contributed by atoms with E-state index in [1.54, 1.807) is 0 Å². The molecular formula is C9H12N4O. The van der Waals surface area contributed by atoms with Crippen molar-refractivity contribution in [1.29, 1.82) is 5.26 Å². The van der Waals surface area contributed by atoms with E-state index in [0.29, 0.717) is 24.6 Å². The third kappa shape index (κ3) is 1.39. The molecule has 1 aromatic heterocycles. The first-order valence-corrected chi connectivity index (χ1v) is 4.69. The molecule has 2 rings (SSSR count). The van der Waals surface area contributed by atoms with Crippen molar-refractivity contribution in [1.82, 2.24) is 9.78 Å². The summed E-state index contributed by atoms with van der Waals surface area (Å²) in [5, 5.41) is 11.4. The fraction of sp³-hybridized carbons (Fsp3) is 0.556. The van der Waals surface area contributed by atoms with Gasteiger partial charge in [-0.1, -0.05) is 0 Å². The van der Waals surface area contributed by atoms with E-state index < -0.39 is 0 Å². The van der Waals surface area contributed by atoms with Gasteiger partial charge in [-0.05, 0) is 12.8 Å². The first-order chi connectivity index (χ1) is 6.74. The van der Waals surface area contributed by atoms with Crippen LogP contribution in [0.4, 0.5) is 5.69 Å². The van der Waals surface area contributed by atoms with Crippen LogP contribution >= 0.6 is 0 Å². The molecule has 74 valence electrons. The van der Waals surface area contributed by atoms with Gasteiger partial charge in [-0.2, -0.15) is 5.26 Å². The van der Waals surface area contributed by atoms with Crippen molar-refractivity contribution in [2.45, 2.75) is 31.7 Å². The van der Waals surface area contributed by atoms with Crippen molar-refractivity contribution in [2.24, 2.45) is 0 Å². The van der Waals surface area contributed by atoms with Crippen molar-refractivity contribution >= 4 is 5.69 Å². The summed E-state index contributed by atoms with van der Waals surface area (Å²) < 4.78 is 1.42. The number of hydrogen-bond donors (Lipinski definition) is 2. The molecule has 5 heteroatoms. The summed E-state index contributed by atoms with van der Waals surface area (Å²) in [4.78, 5) is 11.5.